The van der Waals surface area contributed by atoms with E-state index in [1.54, 1.807) is 6.07 Å². The van der Waals surface area contributed by atoms with Crippen LogP contribution in [0.5, 0.6) is 0 Å². The van der Waals surface area contributed by atoms with Gasteiger partial charge in [0.25, 0.3) is 5.56 Å². The third kappa shape index (κ3) is 3.08. The van der Waals surface area contributed by atoms with Crippen molar-refractivity contribution < 1.29 is 0 Å². The molecule has 2 rings (SSSR count). The highest BCUT2D eigenvalue weighted by Gasteiger charge is 2.22. The van der Waals surface area contributed by atoms with Crippen molar-refractivity contribution in [1.82, 2.24) is 9.88 Å². The molecule has 19 heavy (non-hydrogen) atoms. The Morgan fingerprint density at radius 1 is 1.42 bits per heavy atom. The monoisotopic (exact) mass is 262 g/mol. The quantitative estimate of drug-likeness (QED) is 0.885. The molecule has 2 atom stereocenters. The lowest BCUT2D eigenvalue weighted by Crippen LogP contribution is -2.32. The van der Waals surface area contributed by atoms with Crippen molar-refractivity contribution in [3.63, 3.8) is 0 Å². The van der Waals surface area contributed by atoms with E-state index >= 15 is 0 Å². The Kier molecular flexibility index (Phi) is 4.81. The molecule has 0 spiro atoms. The first-order chi connectivity index (χ1) is 9.17. The summed E-state index contributed by atoms with van der Waals surface area (Å²) >= 11 is 0. The molecule has 3 nitrogen and oxygen atoms in total. The molecule has 1 heterocycles. The zero-order chi connectivity index (χ0) is 13.8. The molecule has 0 amide bonds. The largest absolute Gasteiger partial charge is 0.312 e. The Bertz CT molecular complexity index is 478. The normalized spacial score (nSPS) is 20.1. The highest BCUT2D eigenvalue weighted by atomic mass is 16.1. The Morgan fingerprint density at radius 2 is 2.21 bits per heavy atom. The lowest BCUT2D eigenvalue weighted by molar-refractivity contribution is 0.413. The van der Waals surface area contributed by atoms with Crippen molar-refractivity contribution in [1.29, 1.82) is 0 Å². The molecular formula is C16H26N2O. The van der Waals surface area contributed by atoms with Crippen molar-refractivity contribution in [2.75, 3.05) is 6.54 Å². The van der Waals surface area contributed by atoms with Crippen LogP contribution in [0.4, 0.5) is 0 Å². The van der Waals surface area contributed by atoms with Crippen LogP contribution in [-0.2, 0) is 13.0 Å². The van der Waals surface area contributed by atoms with Gasteiger partial charge in [-0.2, -0.15) is 0 Å². The van der Waals surface area contributed by atoms with Crippen molar-refractivity contribution in [2.24, 2.45) is 5.92 Å². The Hall–Kier alpha value is -1.09. The molecular weight excluding hydrogens is 236 g/mol. The third-order valence-electron chi connectivity index (χ3n) is 4.25. The summed E-state index contributed by atoms with van der Waals surface area (Å²) in [4.78, 5) is 12.1. The van der Waals surface area contributed by atoms with Crippen LogP contribution < -0.4 is 10.9 Å². The van der Waals surface area contributed by atoms with E-state index in [1.165, 1.54) is 24.1 Å². The van der Waals surface area contributed by atoms with Gasteiger partial charge in [0.1, 0.15) is 0 Å². The molecule has 3 heteroatoms. The molecule has 0 saturated carbocycles. The molecule has 0 bridgehead atoms. The summed E-state index contributed by atoms with van der Waals surface area (Å²) in [6, 6.07) is 4.21. The van der Waals surface area contributed by atoms with E-state index in [-0.39, 0.29) is 5.56 Å². The number of fused-ring (bicyclic) bond motifs is 1. The predicted molar refractivity (Wildman–Crippen MR) is 79.5 cm³/mol. The second-order valence-corrected chi connectivity index (χ2v) is 5.70. The van der Waals surface area contributed by atoms with E-state index in [1.807, 2.05) is 10.6 Å². The van der Waals surface area contributed by atoms with Gasteiger partial charge in [-0.05, 0) is 37.3 Å². The molecule has 2 unspecified atom stereocenters. The van der Waals surface area contributed by atoms with Crippen LogP contribution in [0, 0.1) is 5.92 Å². The number of hydrogen-bond donors (Lipinski definition) is 1. The van der Waals surface area contributed by atoms with E-state index in [0.29, 0.717) is 12.0 Å². The molecule has 1 aromatic heterocycles. The zero-order valence-corrected chi connectivity index (χ0v) is 12.4. The summed E-state index contributed by atoms with van der Waals surface area (Å²) in [6.07, 6.45) is 4.52. The number of rotatable bonds is 5. The maximum absolute atomic E-state index is 12.1. The van der Waals surface area contributed by atoms with Gasteiger partial charge < -0.3 is 9.88 Å². The number of nitrogens with one attached hydrogen (secondary N) is 1. The molecule has 1 aliphatic carbocycles. The van der Waals surface area contributed by atoms with Crippen LogP contribution in [0.15, 0.2) is 16.9 Å². The van der Waals surface area contributed by atoms with Crippen LogP contribution in [-0.4, -0.2) is 11.1 Å². The molecule has 0 radical (unpaired) electrons. The number of pyridine rings is 1. The van der Waals surface area contributed by atoms with E-state index in [9.17, 15) is 4.79 Å². The average molecular weight is 262 g/mol. The number of hydrogen-bond acceptors (Lipinski definition) is 2. The van der Waals surface area contributed by atoms with E-state index in [4.69, 9.17) is 0 Å². The molecule has 1 aromatic rings. The first kappa shape index (κ1) is 14.3. The van der Waals surface area contributed by atoms with Crippen LogP contribution in [0.1, 0.15) is 57.3 Å². The minimum atomic E-state index is 0.163. The van der Waals surface area contributed by atoms with Crippen molar-refractivity contribution in [3.05, 3.63) is 33.7 Å². The maximum atomic E-state index is 12.1. The van der Waals surface area contributed by atoms with Crippen molar-refractivity contribution >= 4 is 0 Å². The smallest absolute Gasteiger partial charge is 0.250 e. The second kappa shape index (κ2) is 6.38. The highest BCUT2D eigenvalue weighted by molar-refractivity contribution is 5.27. The number of nitrogens with zero attached hydrogens (tertiary/aromatic N) is 1. The van der Waals surface area contributed by atoms with Crippen molar-refractivity contribution in [3.8, 4) is 0 Å². The number of aromatic nitrogens is 1. The van der Waals surface area contributed by atoms with Crippen LogP contribution in [0.2, 0.25) is 0 Å². The molecule has 0 aliphatic heterocycles. The lowest BCUT2D eigenvalue weighted by Gasteiger charge is -2.29. The summed E-state index contributed by atoms with van der Waals surface area (Å²) in [5, 5.41) is 3.54. The topological polar surface area (TPSA) is 34.0 Å². The van der Waals surface area contributed by atoms with E-state index in [0.717, 1.165) is 25.9 Å². The predicted octanol–water partition coefficient (Wildman–Crippen LogP) is 2.88. The standard InChI is InChI=1S/C16H26N2O/c1-4-12(3)11-18-15-8-6-7-14(17-5-2)13(15)9-10-16(18)19/h9-10,12,14,17H,4-8,11H2,1-3H3. The zero-order valence-electron chi connectivity index (χ0n) is 12.4. The SMILES string of the molecule is CCNC1CCCc2c1ccc(=O)n2CC(C)CC. The highest BCUT2D eigenvalue weighted by Crippen LogP contribution is 2.29. The van der Waals surface area contributed by atoms with Gasteiger partial charge in [-0.15, -0.1) is 0 Å². The minimum absolute atomic E-state index is 0.163. The molecule has 0 aromatic carbocycles. The van der Waals surface area contributed by atoms with Gasteiger partial charge in [0.15, 0.2) is 0 Å². The summed E-state index contributed by atoms with van der Waals surface area (Å²) in [5.41, 5.74) is 2.78. The first-order valence-corrected chi connectivity index (χ1v) is 7.63. The maximum Gasteiger partial charge on any atom is 0.250 e. The minimum Gasteiger partial charge on any atom is -0.312 e. The fourth-order valence-corrected chi connectivity index (χ4v) is 2.96. The van der Waals surface area contributed by atoms with Crippen LogP contribution >= 0.6 is 0 Å². The van der Waals surface area contributed by atoms with Crippen LogP contribution in [0.3, 0.4) is 0 Å². The molecule has 1 N–H and O–H groups in total. The summed E-state index contributed by atoms with van der Waals surface area (Å²) in [7, 11) is 0. The van der Waals surface area contributed by atoms with Crippen LogP contribution in [0.25, 0.3) is 0 Å². The second-order valence-electron chi connectivity index (χ2n) is 5.70. The van der Waals surface area contributed by atoms with E-state index in [2.05, 4.69) is 26.1 Å². The van der Waals surface area contributed by atoms with Gasteiger partial charge >= 0.3 is 0 Å². The van der Waals surface area contributed by atoms with Gasteiger partial charge in [-0.3, -0.25) is 4.79 Å². The van der Waals surface area contributed by atoms with Gasteiger partial charge in [-0.1, -0.05) is 33.3 Å². The third-order valence-corrected chi connectivity index (χ3v) is 4.25. The van der Waals surface area contributed by atoms with Crippen molar-refractivity contribution in [2.45, 2.75) is 59.0 Å². The Morgan fingerprint density at radius 3 is 2.89 bits per heavy atom. The van der Waals surface area contributed by atoms with E-state index < -0.39 is 0 Å². The molecule has 0 fully saturated rings. The van der Waals surface area contributed by atoms with Gasteiger partial charge in [0.05, 0.1) is 0 Å². The Labute approximate surface area is 116 Å². The summed E-state index contributed by atoms with van der Waals surface area (Å²) in [6.45, 7) is 8.39. The molecule has 0 saturated heterocycles. The summed E-state index contributed by atoms with van der Waals surface area (Å²) < 4.78 is 2.02. The lowest BCUT2D eigenvalue weighted by atomic mass is 9.90. The van der Waals surface area contributed by atoms with Gasteiger partial charge in [0.2, 0.25) is 0 Å². The first-order valence-electron chi connectivity index (χ1n) is 7.63. The fraction of sp³-hybridized carbons (Fsp3) is 0.688. The van der Waals surface area contributed by atoms with Gasteiger partial charge in [0, 0.05) is 24.3 Å². The Balaban J connectivity index is 2.38. The summed E-state index contributed by atoms with van der Waals surface area (Å²) in [5.74, 6) is 0.559. The molecule has 106 valence electrons. The molecule has 1 aliphatic rings. The fourth-order valence-electron chi connectivity index (χ4n) is 2.96. The van der Waals surface area contributed by atoms with Gasteiger partial charge in [-0.25, -0.2) is 0 Å². The average Bonchev–Trinajstić information content (AvgIpc) is 2.42.